The van der Waals surface area contributed by atoms with Gasteiger partial charge in [-0.25, -0.2) is 4.79 Å². The zero-order valence-corrected chi connectivity index (χ0v) is 18.2. The van der Waals surface area contributed by atoms with E-state index in [9.17, 15) is 9.59 Å². The summed E-state index contributed by atoms with van der Waals surface area (Å²) in [5, 5.41) is 6.30. The molecule has 3 aromatic rings. The first kappa shape index (κ1) is 21.9. The average Bonchev–Trinajstić information content (AvgIpc) is 3.31. The second-order valence-electron chi connectivity index (χ2n) is 7.66. The molecule has 0 aliphatic carbocycles. The molecular formula is C22H27ClN4O3. The summed E-state index contributed by atoms with van der Waals surface area (Å²) in [7, 11) is 4.97. The molecule has 1 aliphatic heterocycles. The summed E-state index contributed by atoms with van der Waals surface area (Å²) in [6, 6.07) is 11.3. The number of aryl methyl sites for hydroxylation is 2. The van der Waals surface area contributed by atoms with Crippen molar-refractivity contribution in [2.24, 2.45) is 20.0 Å². The molecule has 1 unspecified atom stereocenters. The number of rotatable bonds is 5. The van der Waals surface area contributed by atoms with Gasteiger partial charge in [0.1, 0.15) is 5.75 Å². The summed E-state index contributed by atoms with van der Waals surface area (Å²) in [6.07, 6.45) is 2.23. The van der Waals surface area contributed by atoms with Crippen LogP contribution in [0, 0.1) is 5.92 Å². The molecule has 0 saturated carbocycles. The van der Waals surface area contributed by atoms with Gasteiger partial charge in [-0.1, -0.05) is 12.1 Å². The van der Waals surface area contributed by atoms with Crippen LogP contribution >= 0.6 is 12.4 Å². The van der Waals surface area contributed by atoms with Gasteiger partial charge in [0.05, 0.1) is 23.8 Å². The largest absolute Gasteiger partial charge is 0.494 e. The number of fused-ring (bicyclic) bond motifs is 1. The fourth-order valence-electron chi connectivity index (χ4n) is 4.00. The number of nitrogens with zero attached hydrogens (tertiary/aromatic N) is 2. The van der Waals surface area contributed by atoms with Crippen molar-refractivity contribution in [1.29, 1.82) is 0 Å². The molecule has 2 heterocycles. The minimum atomic E-state index is -0.210. The molecule has 0 bridgehead atoms. The van der Waals surface area contributed by atoms with Crippen LogP contribution in [-0.4, -0.2) is 35.2 Å². The third-order valence-electron chi connectivity index (χ3n) is 5.74. The number of benzene rings is 2. The molecule has 8 heteroatoms. The minimum Gasteiger partial charge on any atom is -0.494 e. The SMILES string of the molecule is COc1cc2c(cc1NC(=O)c1ccc(CC3CCNC3)cc1)n(C)c(=O)n2C.Cl. The molecule has 2 aromatic carbocycles. The number of aromatic nitrogens is 2. The van der Waals surface area contributed by atoms with Crippen LogP contribution in [0.1, 0.15) is 22.3 Å². The Morgan fingerprint density at radius 3 is 2.43 bits per heavy atom. The second kappa shape index (κ2) is 8.93. The summed E-state index contributed by atoms with van der Waals surface area (Å²) in [5.74, 6) is 0.971. The van der Waals surface area contributed by atoms with Crippen molar-refractivity contribution in [2.75, 3.05) is 25.5 Å². The highest BCUT2D eigenvalue weighted by Gasteiger charge is 2.17. The number of methoxy groups -OCH3 is 1. The molecule has 1 amide bonds. The van der Waals surface area contributed by atoms with Crippen molar-refractivity contribution in [3.8, 4) is 5.75 Å². The first-order valence-corrected chi connectivity index (χ1v) is 9.82. The third-order valence-corrected chi connectivity index (χ3v) is 5.74. The first-order valence-electron chi connectivity index (χ1n) is 9.82. The highest BCUT2D eigenvalue weighted by molar-refractivity contribution is 6.06. The van der Waals surface area contributed by atoms with Crippen LogP contribution in [0.25, 0.3) is 11.0 Å². The number of imidazole rings is 1. The molecule has 1 saturated heterocycles. The van der Waals surface area contributed by atoms with Crippen LogP contribution in [0.4, 0.5) is 5.69 Å². The molecule has 0 radical (unpaired) electrons. The zero-order valence-electron chi connectivity index (χ0n) is 17.4. The Bertz CT molecular complexity index is 1110. The monoisotopic (exact) mass is 430 g/mol. The summed E-state index contributed by atoms with van der Waals surface area (Å²) >= 11 is 0. The molecule has 1 fully saturated rings. The predicted octanol–water partition coefficient (Wildman–Crippen LogP) is 2.71. The van der Waals surface area contributed by atoms with Crippen LogP contribution in [0.15, 0.2) is 41.2 Å². The Morgan fingerprint density at radius 1 is 1.17 bits per heavy atom. The molecule has 4 rings (SSSR count). The molecule has 1 aliphatic rings. The number of hydrogen-bond donors (Lipinski definition) is 2. The van der Waals surface area contributed by atoms with Gasteiger partial charge >= 0.3 is 5.69 Å². The Balaban J connectivity index is 0.00000256. The maximum atomic E-state index is 12.8. The Hall–Kier alpha value is -2.77. The van der Waals surface area contributed by atoms with E-state index in [0.29, 0.717) is 22.9 Å². The van der Waals surface area contributed by atoms with E-state index in [4.69, 9.17) is 4.74 Å². The molecule has 1 atom stereocenters. The van der Waals surface area contributed by atoms with E-state index in [-0.39, 0.29) is 24.0 Å². The molecule has 7 nitrogen and oxygen atoms in total. The van der Waals surface area contributed by atoms with Gasteiger partial charge < -0.3 is 15.4 Å². The fourth-order valence-corrected chi connectivity index (χ4v) is 4.00. The summed E-state index contributed by atoms with van der Waals surface area (Å²) in [5.41, 5.74) is 3.72. The van der Waals surface area contributed by atoms with Crippen molar-refractivity contribution in [1.82, 2.24) is 14.5 Å². The Morgan fingerprint density at radius 2 is 1.83 bits per heavy atom. The molecular weight excluding hydrogens is 404 g/mol. The van der Waals surface area contributed by atoms with E-state index in [2.05, 4.69) is 10.6 Å². The highest BCUT2D eigenvalue weighted by Crippen LogP contribution is 2.30. The lowest BCUT2D eigenvalue weighted by Gasteiger charge is -2.12. The van der Waals surface area contributed by atoms with Gasteiger partial charge in [0.15, 0.2) is 0 Å². The lowest BCUT2D eigenvalue weighted by atomic mass is 9.98. The van der Waals surface area contributed by atoms with E-state index >= 15 is 0 Å². The fraction of sp³-hybridized carbons (Fsp3) is 0.364. The van der Waals surface area contributed by atoms with E-state index in [1.54, 1.807) is 42.5 Å². The number of amides is 1. The van der Waals surface area contributed by atoms with Gasteiger partial charge in [-0.2, -0.15) is 0 Å². The number of carbonyl (C=O) groups is 1. The number of halogens is 1. The Labute approximate surface area is 181 Å². The summed E-state index contributed by atoms with van der Waals surface area (Å²) in [6.45, 7) is 2.15. The van der Waals surface area contributed by atoms with Gasteiger partial charge in [-0.15, -0.1) is 12.4 Å². The van der Waals surface area contributed by atoms with Crippen LogP contribution in [0.2, 0.25) is 0 Å². The van der Waals surface area contributed by atoms with Crippen LogP contribution in [0.5, 0.6) is 5.75 Å². The van der Waals surface area contributed by atoms with E-state index in [1.165, 1.54) is 12.0 Å². The maximum Gasteiger partial charge on any atom is 0.328 e. The number of hydrogen-bond acceptors (Lipinski definition) is 4. The topological polar surface area (TPSA) is 77.3 Å². The number of anilines is 1. The van der Waals surface area contributed by atoms with Crippen molar-refractivity contribution in [2.45, 2.75) is 12.8 Å². The van der Waals surface area contributed by atoms with E-state index in [1.807, 2.05) is 24.3 Å². The molecule has 1 aromatic heterocycles. The Kier molecular flexibility index (Phi) is 6.53. The number of carbonyl (C=O) groups excluding carboxylic acids is 1. The minimum absolute atomic E-state index is 0. The van der Waals surface area contributed by atoms with Gasteiger partial charge in [0, 0.05) is 25.7 Å². The van der Waals surface area contributed by atoms with Gasteiger partial charge in [0.25, 0.3) is 5.91 Å². The van der Waals surface area contributed by atoms with Crippen LogP contribution in [-0.2, 0) is 20.5 Å². The lowest BCUT2D eigenvalue weighted by molar-refractivity contribution is 0.102. The van der Waals surface area contributed by atoms with Gasteiger partial charge in [-0.3, -0.25) is 13.9 Å². The third kappa shape index (κ3) is 4.08. The molecule has 2 N–H and O–H groups in total. The number of nitrogens with one attached hydrogen (secondary N) is 2. The first-order chi connectivity index (χ1) is 14.0. The number of ether oxygens (including phenoxy) is 1. The van der Waals surface area contributed by atoms with Gasteiger partial charge in [0.2, 0.25) is 0 Å². The summed E-state index contributed by atoms with van der Waals surface area (Å²) < 4.78 is 8.55. The lowest BCUT2D eigenvalue weighted by Crippen LogP contribution is -2.19. The quantitative estimate of drug-likeness (QED) is 0.652. The van der Waals surface area contributed by atoms with Crippen molar-refractivity contribution in [3.63, 3.8) is 0 Å². The predicted molar refractivity (Wildman–Crippen MR) is 121 cm³/mol. The van der Waals surface area contributed by atoms with Crippen molar-refractivity contribution in [3.05, 3.63) is 58.0 Å². The molecule has 0 spiro atoms. The molecule has 30 heavy (non-hydrogen) atoms. The van der Waals surface area contributed by atoms with Crippen LogP contribution in [0.3, 0.4) is 0 Å². The van der Waals surface area contributed by atoms with Crippen molar-refractivity contribution < 1.29 is 9.53 Å². The smallest absolute Gasteiger partial charge is 0.328 e. The average molecular weight is 431 g/mol. The maximum absolute atomic E-state index is 12.8. The standard InChI is InChI=1S/C22H26N4O3.ClH/c1-25-18-11-17(20(29-3)12-19(18)26(2)22(25)28)24-21(27)16-6-4-14(5-7-16)10-15-8-9-23-13-15;/h4-7,11-12,15,23H,8-10,13H2,1-3H3,(H,24,27);1H. The van der Waals surface area contributed by atoms with Gasteiger partial charge in [-0.05, 0) is 55.6 Å². The van der Waals surface area contributed by atoms with E-state index in [0.717, 1.165) is 30.5 Å². The summed E-state index contributed by atoms with van der Waals surface area (Å²) in [4.78, 5) is 25.0. The van der Waals surface area contributed by atoms with Crippen molar-refractivity contribution >= 4 is 35.0 Å². The molecule has 160 valence electrons. The van der Waals surface area contributed by atoms with E-state index < -0.39 is 0 Å². The highest BCUT2D eigenvalue weighted by atomic mass is 35.5. The normalized spacial score (nSPS) is 15.8. The zero-order chi connectivity index (χ0) is 20.5. The van der Waals surface area contributed by atoms with Crippen LogP contribution < -0.4 is 21.1 Å². The second-order valence-corrected chi connectivity index (χ2v) is 7.66.